The third-order valence-electron chi connectivity index (χ3n) is 5.02. The van der Waals surface area contributed by atoms with E-state index in [1.54, 1.807) is 37.9 Å². The van der Waals surface area contributed by atoms with Gasteiger partial charge in [0, 0.05) is 11.6 Å². The van der Waals surface area contributed by atoms with Gasteiger partial charge in [0.25, 0.3) is 0 Å². The van der Waals surface area contributed by atoms with Gasteiger partial charge in [0.1, 0.15) is 17.8 Å². The molecule has 0 atom stereocenters. The van der Waals surface area contributed by atoms with Gasteiger partial charge in [-0.15, -0.1) is 0 Å². The molecule has 4 aromatic rings. The Hall–Kier alpha value is -4.07. The van der Waals surface area contributed by atoms with Crippen LogP contribution in [0, 0.1) is 13.8 Å². The first-order valence-corrected chi connectivity index (χ1v) is 9.60. The van der Waals surface area contributed by atoms with Crippen LogP contribution < -0.4 is 9.64 Å². The average Bonchev–Trinajstić information content (AvgIpc) is 3.50. The first kappa shape index (κ1) is 20.2. The van der Waals surface area contributed by atoms with Gasteiger partial charge in [0.05, 0.1) is 43.6 Å². The van der Waals surface area contributed by atoms with Crippen molar-refractivity contribution >= 4 is 23.2 Å². The molecule has 2 aromatic heterocycles. The highest BCUT2D eigenvalue weighted by atomic mass is 16.5. The number of oxazole rings is 1. The van der Waals surface area contributed by atoms with E-state index in [-0.39, 0.29) is 0 Å². The van der Waals surface area contributed by atoms with Crippen LogP contribution in [0.15, 0.2) is 59.5 Å². The molecule has 2 aromatic carbocycles. The number of hydrogen-bond donors (Lipinski definition) is 1. The topological polar surface area (TPSA) is 93.5 Å². The normalized spacial score (nSPS) is 10.7. The Morgan fingerprint density at radius 2 is 1.87 bits per heavy atom. The monoisotopic (exact) mass is 418 g/mol. The zero-order valence-corrected chi connectivity index (χ0v) is 17.7. The summed E-state index contributed by atoms with van der Waals surface area (Å²) in [5, 5.41) is 7.10. The van der Waals surface area contributed by atoms with E-state index in [2.05, 4.69) is 15.2 Å². The van der Waals surface area contributed by atoms with E-state index in [0.717, 1.165) is 22.4 Å². The average molecular weight is 418 g/mol. The number of aromatic nitrogens is 3. The number of hydrogen-bond acceptors (Lipinski definition) is 7. The Labute approximate surface area is 179 Å². The third kappa shape index (κ3) is 3.75. The van der Waals surface area contributed by atoms with Crippen LogP contribution in [-0.2, 0) is 4.74 Å². The van der Waals surface area contributed by atoms with Crippen molar-refractivity contribution in [3.05, 3.63) is 71.7 Å². The molecule has 2 heterocycles. The van der Waals surface area contributed by atoms with Crippen molar-refractivity contribution in [2.24, 2.45) is 0 Å². The fraction of sp³-hybridized carbons (Fsp3) is 0.174. The maximum atomic E-state index is 12.6. The molecule has 0 bridgehead atoms. The molecule has 0 fully saturated rings. The molecule has 8 nitrogen and oxygen atoms in total. The minimum atomic E-state index is -0.468. The molecule has 158 valence electrons. The number of anilines is 3. The summed E-state index contributed by atoms with van der Waals surface area (Å²) in [6, 6.07) is 11.2. The second-order valence-electron chi connectivity index (χ2n) is 6.94. The number of nitrogens with zero attached hydrogens (tertiary/aromatic N) is 3. The number of nitrogens with one attached hydrogen (secondary N) is 1. The van der Waals surface area contributed by atoms with Crippen LogP contribution in [0.4, 0.5) is 17.2 Å². The predicted octanol–water partition coefficient (Wildman–Crippen LogP) is 4.95. The van der Waals surface area contributed by atoms with Gasteiger partial charge < -0.3 is 13.9 Å². The number of rotatable bonds is 6. The van der Waals surface area contributed by atoms with Crippen LogP contribution in [0.5, 0.6) is 5.75 Å². The van der Waals surface area contributed by atoms with Crippen molar-refractivity contribution < 1.29 is 18.7 Å². The number of methoxy groups -OCH3 is 2. The molecule has 0 radical (unpaired) electrons. The first-order valence-electron chi connectivity index (χ1n) is 9.60. The van der Waals surface area contributed by atoms with Crippen LogP contribution >= 0.6 is 0 Å². The highest BCUT2D eigenvalue weighted by Gasteiger charge is 2.24. The maximum Gasteiger partial charge on any atom is 0.340 e. The van der Waals surface area contributed by atoms with E-state index in [4.69, 9.17) is 13.9 Å². The molecule has 8 heteroatoms. The Morgan fingerprint density at radius 3 is 2.52 bits per heavy atom. The molecular formula is C23H22N4O4. The van der Waals surface area contributed by atoms with Gasteiger partial charge in [0.15, 0.2) is 0 Å². The zero-order chi connectivity index (χ0) is 22.0. The van der Waals surface area contributed by atoms with Crippen molar-refractivity contribution in [3.63, 3.8) is 0 Å². The van der Waals surface area contributed by atoms with Crippen LogP contribution in [0.25, 0.3) is 11.5 Å². The molecule has 0 saturated carbocycles. The molecule has 0 aliphatic heterocycles. The summed E-state index contributed by atoms with van der Waals surface area (Å²) < 4.78 is 15.8. The van der Waals surface area contributed by atoms with E-state index >= 15 is 0 Å². The van der Waals surface area contributed by atoms with Crippen molar-refractivity contribution in [1.82, 2.24) is 15.2 Å². The van der Waals surface area contributed by atoms with Crippen LogP contribution in [0.1, 0.15) is 21.5 Å². The van der Waals surface area contributed by atoms with Crippen LogP contribution in [0.2, 0.25) is 0 Å². The Bertz CT molecular complexity index is 1200. The summed E-state index contributed by atoms with van der Waals surface area (Å²) in [6.07, 6.45) is 4.83. The minimum absolute atomic E-state index is 0.366. The second-order valence-corrected chi connectivity index (χ2v) is 6.94. The summed E-state index contributed by atoms with van der Waals surface area (Å²) in [4.78, 5) is 18.8. The van der Waals surface area contributed by atoms with Crippen molar-refractivity contribution in [1.29, 1.82) is 0 Å². The SMILES string of the molecule is COC(=O)c1cc(OC)ccc1N(c1ccn[nH]1)c1cc(C)c(-c2ncco2)cc1C. The van der Waals surface area contributed by atoms with Gasteiger partial charge in [0.2, 0.25) is 5.89 Å². The van der Waals surface area contributed by atoms with E-state index in [1.807, 2.05) is 43.0 Å². The predicted molar refractivity (Wildman–Crippen MR) is 116 cm³/mol. The molecule has 0 aliphatic carbocycles. The van der Waals surface area contributed by atoms with E-state index < -0.39 is 5.97 Å². The highest BCUT2D eigenvalue weighted by Crippen LogP contribution is 2.40. The van der Waals surface area contributed by atoms with Crippen molar-refractivity contribution in [3.8, 4) is 17.2 Å². The standard InChI is InChI=1S/C23H22N4O4/c1-14-12-20(15(2)11-17(14)22-24-9-10-31-22)27(21-7-8-25-26-21)19-6-5-16(29-3)13-18(19)23(28)30-4/h5-13H,1-4H3,(H,25,26). The lowest BCUT2D eigenvalue weighted by molar-refractivity contribution is 0.0601. The lowest BCUT2D eigenvalue weighted by Gasteiger charge is -2.27. The van der Waals surface area contributed by atoms with Crippen molar-refractivity contribution in [2.45, 2.75) is 13.8 Å². The first-order chi connectivity index (χ1) is 15.0. The number of benzene rings is 2. The zero-order valence-electron chi connectivity index (χ0n) is 17.7. The van der Waals surface area contributed by atoms with Gasteiger partial charge in [-0.05, 0) is 55.3 Å². The number of ether oxygens (including phenoxy) is 2. The van der Waals surface area contributed by atoms with E-state index in [9.17, 15) is 4.79 Å². The highest BCUT2D eigenvalue weighted by molar-refractivity contribution is 5.99. The van der Waals surface area contributed by atoms with Crippen molar-refractivity contribution in [2.75, 3.05) is 19.1 Å². The summed E-state index contributed by atoms with van der Waals surface area (Å²) in [5.41, 5.74) is 4.69. The van der Waals surface area contributed by atoms with Gasteiger partial charge in [-0.25, -0.2) is 9.78 Å². The fourth-order valence-electron chi connectivity index (χ4n) is 3.50. The second kappa shape index (κ2) is 8.35. The summed E-state index contributed by atoms with van der Waals surface area (Å²) in [7, 11) is 2.91. The Balaban J connectivity index is 1.93. The summed E-state index contributed by atoms with van der Waals surface area (Å²) in [5.74, 6) is 1.34. The number of aryl methyl sites for hydroxylation is 2. The van der Waals surface area contributed by atoms with Gasteiger partial charge in [-0.3, -0.25) is 10.00 Å². The molecule has 0 aliphatic rings. The maximum absolute atomic E-state index is 12.6. The molecular weight excluding hydrogens is 396 g/mol. The largest absolute Gasteiger partial charge is 0.497 e. The summed E-state index contributed by atoms with van der Waals surface area (Å²) in [6.45, 7) is 3.98. The Kier molecular flexibility index (Phi) is 5.44. The number of carbonyl (C=O) groups excluding carboxylic acids is 1. The number of carbonyl (C=O) groups is 1. The number of esters is 1. The molecule has 0 spiro atoms. The van der Waals surface area contributed by atoms with E-state index in [0.29, 0.717) is 28.7 Å². The van der Waals surface area contributed by atoms with Crippen LogP contribution in [0.3, 0.4) is 0 Å². The molecule has 4 rings (SSSR count). The molecule has 0 saturated heterocycles. The van der Waals surface area contributed by atoms with Gasteiger partial charge in [-0.1, -0.05) is 0 Å². The molecule has 0 amide bonds. The number of H-pyrrole nitrogens is 1. The quantitative estimate of drug-likeness (QED) is 0.443. The van der Waals surface area contributed by atoms with E-state index in [1.165, 1.54) is 7.11 Å². The minimum Gasteiger partial charge on any atom is -0.497 e. The lowest BCUT2D eigenvalue weighted by Crippen LogP contribution is -2.17. The van der Waals surface area contributed by atoms with Crippen LogP contribution in [-0.4, -0.2) is 35.4 Å². The smallest absolute Gasteiger partial charge is 0.340 e. The summed E-state index contributed by atoms with van der Waals surface area (Å²) >= 11 is 0. The third-order valence-corrected chi connectivity index (χ3v) is 5.02. The molecule has 0 unspecified atom stereocenters. The van der Waals surface area contributed by atoms with Gasteiger partial charge >= 0.3 is 5.97 Å². The molecule has 1 N–H and O–H groups in total. The van der Waals surface area contributed by atoms with Gasteiger partial charge in [-0.2, -0.15) is 5.10 Å². The molecule has 31 heavy (non-hydrogen) atoms. The fourth-order valence-corrected chi connectivity index (χ4v) is 3.50. The Morgan fingerprint density at radius 1 is 1.03 bits per heavy atom. The lowest BCUT2D eigenvalue weighted by atomic mass is 10.0. The number of aromatic amines is 1.